The van der Waals surface area contributed by atoms with Gasteiger partial charge in [-0.05, 0) is 41.0 Å². The van der Waals surface area contributed by atoms with E-state index in [0.29, 0.717) is 23.2 Å². The number of carbonyl (C=O) groups is 1. The van der Waals surface area contributed by atoms with Gasteiger partial charge >= 0.3 is 5.97 Å². The molecule has 3 N–H and O–H groups in total. The average Bonchev–Trinajstić information content (AvgIpc) is 2.74. The predicted octanol–water partition coefficient (Wildman–Crippen LogP) is 5.42. The third-order valence-corrected chi connectivity index (χ3v) is 4.75. The molecular formula is C23H21ClF2N2O4. The van der Waals surface area contributed by atoms with E-state index in [-0.39, 0.29) is 5.75 Å². The van der Waals surface area contributed by atoms with E-state index in [1.807, 2.05) is 24.3 Å². The second-order valence-corrected chi connectivity index (χ2v) is 7.80. The maximum Gasteiger partial charge on any atom is 0.345 e. The quantitative estimate of drug-likeness (QED) is 0.464. The van der Waals surface area contributed by atoms with Crippen molar-refractivity contribution >= 4 is 17.6 Å². The molecule has 1 aromatic heterocycles. The Labute approximate surface area is 188 Å². The van der Waals surface area contributed by atoms with Crippen LogP contribution in [-0.4, -0.2) is 22.2 Å². The van der Waals surface area contributed by atoms with Gasteiger partial charge < -0.3 is 20.3 Å². The van der Waals surface area contributed by atoms with Crippen molar-refractivity contribution in [2.75, 3.05) is 0 Å². The minimum atomic E-state index is -1.37. The van der Waals surface area contributed by atoms with E-state index in [2.05, 4.69) is 4.98 Å². The van der Waals surface area contributed by atoms with Crippen LogP contribution >= 0.6 is 11.6 Å². The fourth-order valence-corrected chi connectivity index (χ4v) is 3.18. The van der Waals surface area contributed by atoms with Gasteiger partial charge in [-0.15, -0.1) is 0 Å². The Kier molecular flexibility index (Phi) is 7.27. The highest BCUT2D eigenvalue weighted by molar-refractivity contribution is 6.31. The molecule has 0 saturated heterocycles. The summed E-state index contributed by atoms with van der Waals surface area (Å²) in [6, 6.07) is 12.7. The van der Waals surface area contributed by atoms with Crippen LogP contribution in [0, 0.1) is 17.6 Å². The van der Waals surface area contributed by atoms with Gasteiger partial charge in [0, 0.05) is 23.6 Å². The number of pyridine rings is 1. The van der Waals surface area contributed by atoms with Crippen molar-refractivity contribution < 1.29 is 28.2 Å². The van der Waals surface area contributed by atoms with E-state index in [1.165, 1.54) is 6.07 Å². The minimum absolute atomic E-state index is 0.147. The molecule has 168 valence electrons. The summed E-state index contributed by atoms with van der Waals surface area (Å²) in [5.74, 6) is -5.13. The van der Waals surface area contributed by atoms with Crippen LogP contribution < -0.4 is 15.2 Å². The standard InChI is InChI=1S/C23H21ClF2N2O4/c1-12(2)20(23(29)30)32-22-19(26)10-18(25)21(28-22)31-17-8-15(7-16(24)9-17)14-5-3-4-13(6-14)11-27/h3-10,12,20H,11,27H2,1-2H3,(H,29,30)/t20-/m1/s1. The second-order valence-electron chi connectivity index (χ2n) is 7.37. The van der Waals surface area contributed by atoms with E-state index in [0.717, 1.165) is 11.1 Å². The molecule has 3 rings (SSSR count). The number of hydrogen-bond acceptors (Lipinski definition) is 5. The first kappa shape index (κ1) is 23.4. The summed E-state index contributed by atoms with van der Waals surface area (Å²) in [6.07, 6.45) is -1.37. The minimum Gasteiger partial charge on any atom is -0.478 e. The lowest BCUT2D eigenvalue weighted by Crippen LogP contribution is -2.32. The summed E-state index contributed by atoms with van der Waals surface area (Å²) >= 11 is 6.21. The normalized spacial score (nSPS) is 12.0. The molecule has 0 aliphatic heterocycles. The summed E-state index contributed by atoms with van der Waals surface area (Å²) in [6.45, 7) is 3.54. The Balaban J connectivity index is 1.94. The molecule has 0 saturated carbocycles. The van der Waals surface area contributed by atoms with Gasteiger partial charge in [-0.25, -0.2) is 13.6 Å². The predicted molar refractivity (Wildman–Crippen MR) is 116 cm³/mol. The highest BCUT2D eigenvalue weighted by Crippen LogP contribution is 2.33. The summed E-state index contributed by atoms with van der Waals surface area (Å²) in [5.41, 5.74) is 8.11. The van der Waals surface area contributed by atoms with Crippen molar-refractivity contribution in [3.63, 3.8) is 0 Å². The zero-order chi connectivity index (χ0) is 23.4. The number of carboxylic acid groups (broad SMARTS) is 1. The number of halogens is 3. The number of hydrogen-bond donors (Lipinski definition) is 2. The molecule has 9 heteroatoms. The summed E-state index contributed by atoms with van der Waals surface area (Å²) in [5, 5.41) is 9.58. The smallest absolute Gasteiger partial charge is 0.345 e. The maximum atomic E-state index is 14.3. The van der Waals surface area contributed by atoms with Gasteiger partial charge in [0.05, 0.1) is 0 Å². The average molecular weight is 463 g/mol. The summed E-state index contributed by atoms with van der Waals surface area (Å²) < 4.78 is 39.2. The highest BCUT2D eigenvalue weighted by Gasteiger charge is 2.27. The number of ether oxygens (including phenoxy) is 2. The topological polar surface area (TPSA) is 94.7 Å². The van der Waals surface area contributed by atoms with Crippen molar-refractivity contribution in [1.29, 1.82) is 0 Å². The van der Waals surface area contributed by atoms with E-state index in [1.54, 1.807) is 26.0 Å². The van der Waals surface area contributed by atoms with Gasteiger partial charge in [-0.3, -0.25) is 0 Å². The third-order valence-electron chi connectivity index (χ3n) is 4.53. The zero-order valence-electron chi connectivity index (χ0n) is 17.3. The van der Waals surface area contributed by atoms with Crippen molar-refractivity contribution in [3.8, 4) is 28.6 Å². The zero-order valence-corrected chi connectivity index (χ0v) is 18.1. The molecule has 0 aliphatic carbocycles. The van der Waals surface area contributed by atoms with Crippen LogP contribution in [0.1, 0.15) is 19.4 Å². The van der Waals surface area contributed by atoms with Crippen molar-refractivity contribution in [2.45, 2.75) is 26.5 Å². The highest BCUT2D eigenvalue weighted by atomic mass is 35.5. The van der Waals surface area contributed by atoms with Gasteiger partial charge in [0.1, 0.15) is 5.75 Å². The number of nitrogens with two attached hydrogens (primary N) is 1. The van der Waals surface area contributed by atoms with Crippen molar-refractivity contribution in [2.24, 2.45) is 11.7 Å². The molecule has 6 nitrogen and oxygen atoms in total. The number of nitrogens with zero attached hydrogens (tertiary/aromatic N) is 1. The monoisotopic (exact) mass is 462 g/mol. The molecule has 32 heavy (non-hydrogen) atoms. The SMILES string of the molecule is CC(C)[C@@H](Oc1nc(Oc2cc(Cl)cc(-c3cccc(CN)c3)c2)c(F)cc1F)C(=O)O. The first-order chi connectivity index (χ1) is 15.2. The van der Waals surface area contributed by atoms with Crippen LogP contribution in [0.3, 0.4) is 0 Å². The van der Waals surface area contributed by atoms with Gasteiger partial charge in [0.25, 0.3) is 11.8 Å². The van der Waals surface area contributed by atoms with Crippen LogP contribution in [-0.2, 0) is 11.3 Å². The van der Waals surface area contributed by atoms with E-state index in [9.17, 15) is 18.7 Å². The first-order valence-electron chi connectivity index (χ1n) is 9.71. The molecule has 0 unspecified atom stereocenters. The van der Waals surface area contributed by atoms with E-state index >= 15 is 0 Å². The lowest BCUT2D eigenvalue weighted by Gasteiger charge is -2.18. The van der Waals surface area contributed by atoms with Crippen LogP contribution in [0.5, 0.6) is 17.5 Å². The van der Waals surface area contributed by atoms with Gasteiger partial charge in [-0.1, -0.05) is 43.6 Å². The number of aliphatic carboxylic acids is 1. The summed E-state index contributed by atoms with van der Waals surface area (Å²) in [4.78, 5) is 15.1. The Bertz CT molecular complexity index is 1140. The molecule has 1 heterocycles. The molecule has 0 radical (unpaired) electrons. The molecule has 0 spiro atoms. The number of rotatable bonds is 8. The largest absolute Gasteiger partial charge is 0.478 e. The third kappa shape index (κ3) is 5.52. The molecule has 1 atom stereocenters. The first-order valence-corrected chi connectivity index (χ1v) is 10.1. The lowest BCUT2D eigenvalue weighted by atomic mass is 10.0. The van der Waals surface area contributed by atoms with Gasteiger partial charge in [-0.2, -0.15) is 4.98 Å². The molecule has 0 bridgehead atoms. The molecule has 0 fully saturated rings. The van der Waals surface area contributed by atoms with Crippen LogP contribution in [0.4, 0.5) is 8.78 Å². The fraction of sp³-hybridized carbons (Fsp3) is 0.217. The second kappa shape index (κ2) is 9.93. The Morgan fingerprint density at radius 3 is 2.47 bits per heavy atom. The Morgan fingerprint density at radius 1 is 1.09 bits per heavy atom. The number of carboxylic acids is 1. The molecule has 2 aromatic carbocycles. The molecular weight excluding hydrogens is 442 g/mol. The summed E-state index contributed by atoms with van der Waals surface area (Å²) in [7, 11) is 0. The van der Waals surface area contributed by atoms with Crippen LogP contribution in [0.2, 0.25) is 5.02 Å². The fourth-order valence-electron chi connectivity index (χ4n) is 2.96. The number of benzene rings is 2. The Morgan fingerprint density at radius 2 is 1.81 bits per heavy atom. The number of aromatic nitrogens is 1. The maximum absolute atomic E-state index is 14.3. The van der Waals surface area contributed by atoms with Crippen LogP contribution in [0.25, 0.3) is 11.1 Å². The van der Waals surface area contributed by atoms with E-state index < -0.39 is 41.4 Å². The lowest BCUT2D eigenvalue weighted by molar-refractivity contribution is -0.147. The molecule has 0 aliphatic rings. The van der Waals surface area contributed by atoms with E-state index in [4.69, 9.17) is 26.8 Å². The molecule has 3 aromatic rings. The van der Waals surface area contributed by atoms with Crippen LogP contribution in [0.15, 0.2) is 48.5 Å². The van der Waals surface area contributed by atoms with Gasteiger partial charge in [0.15, 0.2) is 17.7 Å². The van der Waals surface area contributed by atoms with Gasteiger partial charge in [0.2, 0.25) is 0 Å². The Hall–Kier alpha value is -3.23. The molecule has 0 amide bonds. The van der Waals surface area contributed by atoms with Crippen molar-refractivity contribution in [1.82, 2.24) is 4.98 Å². The van der Waals surface area contributed by atoms with Crippen molar-refractivity contribution in [3.05, 3.63) is 70.8 Å².